The van der Waals surface area contributed by atoms with Gasteiger partial charge in [-0.3, -0.25) is 0 Å². The maximum Gasteiger partial charge on any atom is 0.317 e. The van der Waals surface area contributed by atoms with Crippen molar-refractivity contribution in [3.63, 3.8) is 0 Å². The Morgan fingerprint density at radius 2 is 2.15 bits per heavy atom. The molecule has 1 aliphatic carbocycles. The van der Waals surface area contributed by atoms with Crippen molar-refractivity contribution >= 4 is 16.9 Å². The summed E-state index contributed by atoms with van der Waals surface area (Å²) in [6, 6.07) is 4.26. The first-order valence-electron chi connectivity index (χ1n) is 9.60. The summed E-state index contributed by atoms with van der Waals surface area (Å²) in [5.41, 5.74) is 3.54. The number of likely N-dealkylation sites (tertiary alicyclic amines) is 1. The van der Waals surface area contributed by atoms with E-state index in [1.807, 2.05) is 24.8 Å². The van der Waals surface area contributed by atoms with Crippen LogP contribution in [-0.2, 0) is 6.42 Å². The third kappa shape index (κ3) is 2.72. The number of phenols is 1. The number of phenolic OH excluding ortho intramolecular Hbond substituents is 1. The first kappa shape index (κ1) is 17.2. The molecule has 1 aromatic carbocycles. The molecule has 6 heteroatoms. The number of benzene rings is 1. The Labute approximate surface area is 154 Å². The monoisotopic (exact) mass is 356 g/mol. The number of aromatic amines is 1. The summed E-state index contributed by atoms with van der Waals surface area (Å²) >= 11 is 0. The van der Waals surface area contributed by atoms with E-state index in [-0.39, 0.29) is 12.1 Å². The number of H-pyrrole nitrogens is 1. The van der Waals surface area contributed by atoms with E-state index in [0.29, 0.717) is 17.7 Å². The topological polar surface area (TPSA) is 71.6 Å². The molecule has 1 aromatic heterocycles. The smallest absolute Gasteiger partial charge is 0.317 e. The number of urea groups is 1. The number of hydrogen-bond acceptors (Lipinski definition) is 3. The van der Waals surface area contributed by atoms with Crippen LogP contribution in [0.15, 0.2) is 18.3 Å². The van der Waals surface area contributed by atoms with Gasteiger partial charge in [0.05, 0.1) is 0 Å². The first-order valence-corrected chi connectivity index (χ1v) is 9.60. The van der Waals surface area contributed by atoms with Gasteiger partial charge >= 0.3 is 6.03 Å². The number of amides is 2. The normalized spacial score (nSPS) is 25.1. The number of aromatic nitrogens is 1. The molecule has 0 radical (unpaired) electrons. The van der Waals surface area contributed by atoms with Crippen LogP contribution in [0, 0.1) is 0 Å². The van der Waals surface area contributed by atoms with Gasteiger partial charge in [-0.2, -0.15) is 0 Å². The van der Waals surface area contributed by atoms with Gasteiger partial charge in [0, 0.05) is 60.8 Å². The summed E-state index contributed by atoms with van der Waals surface area (Å²) in [6.07, 6.45) is 3.99. The van der Waals surface area contributed by atoms with Gasteiger partial charge in [-0.15, -0.1) is 0 Å². The predicted molar refractivity (Wildman–Crippen MR) is 103 cm³/mol. The van der Waals surface area contributed by atoms with E-state index in [1.54, 1.807) is 6.07 Å². The molecule has 2 amide bonds. The predicted octanol–water partition coefficient (Wildman–Crippen LogP) is 2.64. The molecule has 26 heavy (non-hydrogen) atoms. The van der Waals surface area contributed by atoms with Crippen molar-refractivity contribution < 1.29 is 9.90 Å². The van der Waals surface area contributed by atoms with E-state index >= 15 is 0 Å². The molecule has 2 heterocycles. The summed E-state index contributed by atoms with van der Waals surface area (Å²) < 4.78 is 0. The van der Waals surface area contributed by atoms with Crippen molar-refractivity contribution in [2.75, 3.05) is 26.7 Å². The lowest BCUT2D eigenvalue weighted by Crippen LogP contribution is -2.56. The number of aromatic hydroxyl groups is 1. The molecule has 2 aromatic rings. The molecule has 140 valence electrons. The zero-order valence-electron chi connectivity index (χ0n) is 15.7. The number of likely N-dealkylation sites (N-methyl/N-ethyl adjacent to an activating group) is 1. The van der Waals surface area contributed by atoms with E-state index in [9.17, 15) is 9.90 Å². The fourth-order valence-corrected chi connectivity index (χ4v) is 4.88. The van der Waals surface area contributed by atoms with Gasteiger partial charge in [0.1, 0.15) is 5.75 Å². The minimum Gasteiger partial charge on any atom is -0.508 e. The number of hydrogen-bond donors (Lipinski definition) is 3. The van der Waals surface area contributed by atoms with E-state index < -0.39 is 0 Å². The third-order valence-corrected chi connectivity index (χ3v) is 6.16. The van der Waals surface area contributed by atoms with Crippen molar-refractivity contribution in [2.45, 2.75) is 44.7 Å². The number of carbonyl (C=O) groups excluding carboxylic acids is 1. The molecular formula is C20H28N4O2. The molecule has 0 spiro atoms. The number of nitrogens with one attached hydrogen (secondary N) is 2. The van der Waals surface area contributed by atoms with E-state index in [2.05, 4.69) is 28.4 Å². The fraction of sp³-hybridized carbons (Fsp3) is 0.550. The fourth-order valence-electron chi connectivity index (χ4n) is 4.88. The Bertz CT molecular complexity index is 827. The highest BCUT2D eigenvalue weighted by Crippen LogP contribution is 2.44. The number of fused-ring (bicyclic) bond motifs is 2. The average molecular weight is 356 g/mol. The Kier molecular flexibility index (Phi) is 4.31. The van der Waals surface area contributed by atoms with Gasteiger partial charge in [0.15, 0.2) is 0 Å². The molecule has 1 saturated heterocycles. The number of carbonyl (C=O) groups is 1. The molecule has 2 aliphatic rings. The van der Waals surface area contributed by atoms with Crippen LogP contribution in [0.1, 0.15) is 37.3 Å². The molecule has 0 bridgehead atoms. The number of piperidine rings is 1. The number of rotatable bonds is 3. The summed E-state index contributed by atoms with van der Waals surface area (Å²) in [5.74, 6) is 0.618. The van der Waals surface area contributed by atoms with Crippen LogP contribution in [0.3, 0.4) is 0 Å². The molecule has 0 saturated carbocycles. The van der Waals surface area contributed by atoms with E-state index in [4.69, 9.17) is 0 Å². The highest BCUT2D eigenvalue weighted by Gasteiger charge is 2.40. The van der Waals surface area contributed by atoms with Crippen LogP contribution in [0.2, 0.25) is 0 Å². The number of nitrogens with zero attached hydrogens (tertiary/aromatic N) is 2. The Hall–Kier alpha value is -2.21. The lowest BCUT2D eigenvalue weighted by Gasteiger charge is -2.46. The molecule has 3 atom stereocenters. The summed E-state index contributed by atoms with van der Waals surface area (Å²) in [5, 5.41) is 14.7. The van der Waals surface area contributed by atoms with Gasteiger partial charge < -0.3 is 25.2 Å². The zero-order valence-corrected chi connectivity index (χ0v) is 15.7. The molecule has 6 nitrogen and oxygen atoms in total. The van der Waals surface area contributed by atoms with Gasteiger partial charge in [0.25, 0.3) is 0 Å². The Morgan fingerprint density at radius 3 is 2.88 bits per heavy atom. The van der Waals surface area contributed by atoms with Crippen molar-refractivity contribution in [1.82, 2.24) is 20.1 Å². The second kappa shape index (κ2) is 6.50. The van der Waals surface area contributed by atoms with Crippen LogP contribution in [0.4, 0.5) is 4.79 Å². The quantitative estimate of drug-likeness (QED) is 0.792. The maximum atomic E-state index is 12.5. The molecule has 1 aliphatic heterocycles. The largest absolute Gasteiger partial charge is 0.508 e. The van der Waals surface area contributed by atoms with Gasteiger partial charge in [-0.05, 0) is 50.9 Å². The minimum atomic E-state index is 0.0195. The van der Waals surface area contributed by atoms with Gasteiger partial charge in [-0.1, -0.05) is 0 Å². The van der Waals surface area contributed by atoms with Gasteiger partial charge in [-0.25, -0.2) is 4.79 Å². The highest BCUT2D eigenvalue weighted by atomic mass is 16.3. The first-order chi connectivity index (χ1) is 12.5. The van der Waals surface area contributed by atoms with Crippen LogP contribution < -0.4 is 5.32 Å². The van der Waals surface area contributed by atoms with Gasteiger partial charge in [0.2, 0.25) is 0 Å². The van der Waals surface area contributed by atoms with Crippen molar-refractivity contribution in [2.24, 2.45) is 0 Å². The van der Waals surface area contributed by atoms with Crippen molar-refractivity contribution in [1.29, 1.82) is 0 Å². The Balaban J connectivity index is 1.63. The summed E-state index contributed by atoms with van der Waals surface area (Å²) in [7, 11) is 2.14. The lowest BCUT2D eigenvalue weighted by atomic mass is 9.74. The van der Waals surface area contributed by atoms with E-state index in [0.717, 1.165) is 38.0 Å². The van der Waals surface area contributed by atoms with Crippen molar-refractivity contribution in [3.05, 3.63) is 29.5 Å². The average Bonchev–Trinajstić information content (AvgIpc) is 3.00. The molecular weight excluding hydrogens is 328 g/mol. The molecule has 3 N–H and O–H groups in total. The third-order valence-electron chi connectivity index (χ3n) is 6.16. The SMILES string of the molecule is CCN(CC)C(=O)N[C@H]1CC2c3cc(O)cc4[nH]cc(c34)C[C@H]2N(C)C1. The maximum absolute atomic E-state index is 12.5. The van der Waals surface area contributed by atoms with E-state index in [1.165, 1.54) is 16.5 Å². The second-order valence-corrected chi connectivity index (χ2v) is 7.64. The Morgan fingerprint density at radius 1 is 1.38 bits per heavy atom. The van der Waals surface area contributed by atoms with Crippen LogP contribution in [0.25, 0.3) is 10.9 Å². The summed E-state index contributed by atoms with van der Waals surface area (Å²) in [6.45, 7) is 6.30. The minimum absolute atomic E-state index is 0.0195. The zero-order chi connectivity index (χ0) is 18.4. The molecule has 1 fully saturated rings. The second-order valence-electron chi connectivity index (χ2n) is 7.64. The van der Waals surface area contributed by atoms with Crippen molar-refractivity contribution in [3.8, 4) is 5.75 Å². The molecule has 1 unspecified atom stereocenters. The lowest BCUT2D eigenvalue weighted by molar-refractivity contribution is 0.124. The summed E-state index contributed by atoms with van der Waals surface area (Å²) in [4.78, 5) is 20.0. The molecule has 4 rings (SSSR count). The highest BCUT2D eigenvalue weighted by molar-refractivity contribution is 5.89. The standard InChI is InChI=1S/C20H28N4O2/c1-4-24(5-2)20(26)22-13-7-15-16-8-14(25)9-17-19(16)12(10-21-17)6-18(15)23(3)11-13/h8-10,13,15,18,21,25H,4-7,11H2,1-3H3,(H,22,26)/t13-,15?,18+/m0/s1. The van der Waals surface area contributed by atoms with Crippen LogP contribution in [-0.4, -0.2) is 64.7 Å². The van der Waals surface area contributed by atoms with Crippen LogP contribution >= 0.6 is 0 Å². The van der Waals surface area contributed by atoms with Crippen LogP contribution in [0.5, 0.6) is 5.75 Å².